The number of carboxylic acid groups (broad SMARTS) is 1. The summed E-state index contributed by atoms with van der Waals surface area (Å²) in [6.45, 7) is 3.98. The topological polar surface area (TPSA) is 67.2 Å². The first-order chi connectivity index (χ1) is 8.00. The molecule has 0 saturated heterocycles. The lowest BCUT2D eigenvalue weighted by atomic mass is 10.1. The number of nitrogens with one attached hydrogen (secondary N) is 1. The summed E-state index contributed by atoms with van der Waals surface area (Å²) in [6.07, 6.45) is 0. The van der Waals surface area contributed by atoms with Gasteiger partial charge in [-0.15, -0.1) is 0 Å². The number of aryl methyl sites for hydroxylation is 1. The normalized spacial score (nSPS) is 11.1. The third kappa shape index (κ3) is 1.95. The van der Waals surface area contributed by atoms with E-state index in [1.807, 2.05) is 19.9 Å². The minimum atomic E-state index is -0.935. The third-order valence-electron chi connectivity index (χ3n) is 2.53. The fraction of sp³-hybridized carbons (Fsp3) is 0.333. The predicted molar refractivity (Wildman–Crippen MR) is 66.4 cm³/mol. The van der Waals surface area contributed by atoms with E-state index in [1.54, 1.807) is 23.9 Å². The highest BCUT2D eigenvalue weighted by atomic mass is 16.4. The Labute approximate surface area is 99.1 Å². The summed E-state index contributed by atoms with van der Waals surface area (Å²) < 4.78 is 1.69. The molecule has 2 aromatic rings. The molecule has 5 heteroatoms. The van der Waals surface area contributed by atoms with Gasteiger partial charge in [0.05, 0.1) is 16.5 Å². The molecular formula is C12H15N3O2. The van der Waals surface area contributed by atoms with Gasteiger partial charge in [0, 0.05) is 13.1 Å². The summed E-state index contributed by atoms with van der Waals surface area (Å²) in [7, 11) is 1.81. The summed E-state index contributed by atoms with van der Waals surface area (Å²) in [5.41, 5.74) is 1.09. The second kappa shape index (κ2) is 4.08. The van der Waals surface area contributed by atoms with Gasteiger partial charge < -0.3 is 10.4 Å². The Morgan fingerprint density at radius 2 is 2.18 bits per heavy atom. The Balaban J connectivity index is 2.72. The molecule has 1 heterocycles. The van der Waals surface area contributed by atoms with Crippen molar-refractivity contribution >= 4 is 22.7 Å². The van der Waals surface area contributed by atoms with Crippen molar-refractivity contribution in [2.45, 2.75) is 19.9 Å². The highest BCUT2D eigenvalue weighted by Gasteiger charge is 2.16. The number of hydrogen-bond donors (Lipinski definition) is 2. The summed E-state index contributed by atoms with van der Waals surface area (Å²) in [4.78, 5) is 11.2. The van der Waals surface area contributed by atoms with E-state index in [0.717, 1.165) is 5.52 Å². The van der Waals surface area contributed by atoms with Crippen molar-refractivity contribution in [1.82, 2.24) is 9.78 Å². The zero-order chi connectivity index (χ0) is 12.6. The maximum atomic E-state index is 11.2. The molecule has 0 fully saturated rings. The van der Waals surface area contributed by atoms with Gasteiger partial charge in [-0.3, -0.25) is 4.68 Å². The molecule has 0 spiro atoms. The Morgan fingerprint density at radius 3 is 2.76 bits per heavy atom. The lowest BCUT2D eigenvalue weighted by Crippen LogP contribution is -2.11. The highest BCUT2D eigenvalue weighted by molar-refractivity contribution is 6.07. The van der Waals surface area contributed by atoms with Crippen LogP contribution in [0.3, 0.4) is 0 Å². The van der Waals surface area contributed by atoms with Crippen LogP contribution in [0, 0.1) is 0 Å². The molecule has 90 valence electrons. The van der Waals surface area contributed by atoms with Gasteiger partial charge >= 0.3 is 5.97 Å². The van der Waals surface area contributed by atoms with Gasteiger partial charge in [0.1, 0.15) is 0 Å². The average molecular weight is 233 g/mol. The van der Waals surface area contributed by atoms with Crippen molar-refractivity contribution in [3.05, 3.63) is 23.8 Å². The standard InChI is InChI=1S/C12H15N3O2/c1-7(2)13-11-10-8(12(16)17)5-4-6-9(10)15(3)14-11/h4-7H,1-3H3,(H,13,14)(H,16,17). The summed E-state index contributed by atoms with van der Waals surface area (Å²) in [5.74, 6) is -0.314. The molecule has 5 nitrogen and oxygen atoms in total. The van der Waals surface area contributed by atoms with E-state index in [0.29, 0.717) is 11.2 Å². The fourth-order valence-electron chi connectivity index (χ4n) is 1.87. The fourth-order valence-corrected chi connectivity index (χ4v) is 1.87. The van der Waals surface area contributed by atoms with E-state index in [2.05, 4.69) is 10.4 Å². The monoisotopic (exact) mass is 233 g/mol. The number of aromatic nitrogens is 2. The van der Waals surface area contributed by atoms with Gasteiger partial charge in [-0.25, -0.2) is 4.79 Å². The van der Waals surface area contributed by atoms with E-state index < -0.39 is 5.97 Å². The Hall–Kier alpha value is -2.04. The van der Waals surface area contributed by atoms with Crippen molar-refractivity contribution in [3.8, 4) is 0 Å². The SMILES string of the molecule is CC(C)Nc1nn(C)c2cccc(C(=O)O)c12. The van der Waals surface area contributed by atoms with E-state index >= 15 is 0 Å². The number of aromatic carboxylic acids is 1. The number of anilines is 1. The molecular weight excluding hydrogens is 218 g/mol. The first-order valence-corrected chi connectivity index (χ1v) is 5.46. The van der Waals surface area contributed by atoms with E-state index in [1.165, 1.54) is 0 Å². The van der Waals surface area contributed by atoms with Crippen molar-refractivity contribution in [2.75, 3.05) is 5.32 Å². The molecule has 0 aliphatic rings. The summed E-state index contributed by atoms with van der Waals surface area (Å²) >= 11 is 0. The minimum Gasteiger partial charge on any atom is -0.478 e. The molecule has 17 heavy (non-hydrogen) atoms. The van der Waals surface area contributed by atoms with Crippen LogP contribution in [0.4, 0.5) is 5.82 Å². The molecule has 0 atom stereocenters. The number of benzene rings is 1. The number of carboxylic acids is 1. The van der Waals surface area contributed by atoms with Crippen molar-refractivity contribution in [2.24, 2.45) is 7.05 Å². The van der Waals surface area contributed by atoms with Gasteiger partial charge in [0.15, 0.2) is 5.82 Å². The third-order valence-corrected chi connectivity index (χ3v) is 2.53. The Kier molecular flexibility index (Phi) is 2.75. The molecule has 1 aromatic carbocycles. The van der Waals surface area contributed by atoms with E-state index in [4.69, 9.17) is 0 Å². The molecule has 0 unspecified atom stereocenters. The Bertz CT molecular complexity index is 572. The smallest absolute Gasteiger partial charge is 0.336 e. The average Bonchev–Trinajstić information content (AvgIpc) is 2.55. The number of fused-ring (bicyclic) bond motifs is 1. The Morgan fingerprint density at radius 1 is 1.47 bits per heavy atom. The molecule has 1 aromatic heterocycles. The molecule has 0 aliphatic heterocycles. The second-order valence-corrected chi connectivity index (χ2v) is 4.28. The van der Waals surface area contributed by atoms with Crippen molar-refractivity contribution < 1.29 is 9.90 Å². The number of rotatable bonds is 3. The highest BCUT2D eigenvalue weighted by Crippen LogP contribution is 2.26. The van der Waals surface area contributed by atoms with Crippen LogP contribution >= 0.6 is 0 Å². The molecule has 0 bridgehead atoms. The van der Waals surface area contributed by atoms with Gasteiger partial charge in [-0.2, -0.15) is 5.10 Å². The maximum Gasteiger partial charge on any atom is 0.336 e. The van der Waals surface area contributed by atoms with Crippen LogP contribution < -0.4 is 5.32 Å². The summed E-state index contributed by atoms with van der Waals surface area (Å²) in [6, 6.07) is 5.39. The maximum absolute atomic E-state index is 11.2. The number of nitrogens with zero attached hydrogens (tertiary/aromatic N) is 2. The lowest BCUT2D eigenvalue weighted by molar-refractivity contribution is 0.0699. The first-order valence-electron chi connectivity index (χ1n) is 5.46. The minimum absolute atomic E-state index is 0.204. The molecule has 0 aliphatic carbocycles. The predicted octanol–water partition coefficient (Wildman–Crippen LogP) is 2.09. The van der Waals surface area contributed by atoms with Crippen LogP contribution in [0.25, 0.3) is 10.9 Å². The molecule has 0 radical (unpaired) electrons. The first kappa shape index (κ1) is 11.4. The molecule has 0 amide bonds. The van der Waals surface area contributed by atoms with Gasteiger partial charge in [-0.1, -0.05) is 6.07 Å². The summed E-state index contributed by atoms with van der Waals surface area (Å²) in [5, 5.41) is 17.3. The van der Waals surface area contributed by atoms with Crippen molar-refractivity contribution in [3.63, 3.8) is 0 Å². The van der Waals surface area contributed by atoms with Gasteiger partial charge in [0.2, 0.25) is 0 Å². The van der Waals surface area contributed by atoms with Crippen LogP contribution in [0.1, 0.15) is 24.2 Å². The zero-order valence-corrected chi connectivity index (χ0v) is 10.1. The number of hydrogen-bond acceptors (Lipinski definition) is 3. The van der Waals surface area contributed by atoms with Crippen LogP contribution in [-0.4, -0.2) is 26.9 Å². The van der Waals surface area contributed by atoms with Gasteiger partial charge in [0.25, 0.3) is 0 Å². The van der Waals surface area contributed by atoms with Crippen LogP contribution in [0.5, 0.6) is 0 Å². The van der Waals surface area contributed by atoms with Gasteiger partial charge in [-0.05, 0) is 26.0 Å². The largest absolute Gasteiger partial charge is 0.478 e. The molecule has 0 saturated carbocycles. The second-order valence-electron chi connectivity index (χ2n) is 4.28. The van der Waals surface area contributed by atoms with Crippen LogP contribution in [-0.2, 0) is 7.05 Å². The number of carbonyl (C=O) groups is 1. The molecule has 2 N–H and O–H groups in total. The quantitative estimate of drug-likeness (QED) is 0.851. The van der Waals surface area contributed by atoms with E-state index in [-0.39, 0.29) is 11.6 Å². The lowest BCUT2D eigenvalue weighted by Gasteiger charge is -2.07. The van der Waals surface area contributed by atoms with Crippen LogP contribution in [0.15, 0.2) is 18.2 Å². The van der Waals surface area contributed by atoms with Crippen LogP contribution in [0.2, 0.25) is 0 Å². The van der Waals surface area contributed by atoms with Crippen molar-refractivity contribution in [1.29, 1.82) is 0 Å². The van der Waals surface area contributed by atoms with E-state index in [9.17, 15) is 9.90 Å². The molecule has 2 rings (SSSR count). The zero-order valence-electron chi connectivity index (χ0n) is 10.1.